The minimum atomic E-state index is 0. The van der Waals surface area contributed by atoms with Gasteiger partial charge in [0.15, 0.2) is 0 Å². The van der Waals surface area contributed by atoms with Gasteiger partial charge in [-0.3, -0.25) is 10.9 Å². The predicted octanol–water partition coefficient (Wildman–Crippen LogP) is -0.823. The van der Waals surface area contributed by atoms with Gasteiger partial charge < -0.3 is 6.42 Å². The van der Waals surface area contributed by atoms with Crippen LogP contribution in [0.1, 0.15) is 5.56 Å². The second kappa shape index (κ2) is 4.15. The molecule has 0 spiro atoms. The smallest absolute Gasteiger partial charge is 0.366 e. The Hall–Kier alpha value is -1.21. The molecular weight excluding hydrogens is 153 g/mol. The molecule has 1 aromatic heterocycles. The van der Waals surface area contributed by atoms with Crippen LogP contribution in [0.4, 0.5) is 0 Å². The molecule has 1 aromatic carbocycles. The number of hydrogen-bond donors (Lipinski definition) is 0. The summed E-state index contributed by atoms with van der Waals surface area (Å²) in [4.78, 5) is 4.17. The Balaban J connectivity index is 0.000000845. The van der Waals surface area contributed by atoms with Crippen LogP contribution in [-0.4, -0.2) is 4.98 Å². The molecular formula is C11H6LiN. The van der Waals surface area contributed by atoms with Gasteiger partial charge in [-0.2, -0.15) is 0 Å². The molecule has 0 amide bonds. The summed E-state index contributed by atoms with van der Waals surface area (Å²) >= 11 is 0. The number of nitrogens with zero attached hydrogens (tertiary/aromatic N) is 1. The molecule has 0 N–H and O–H groups in total. The van der Waals surface area contributed by atoms with Gasteiger partial charge in [0.25, 0.3) is 0 Å². The topological polar surface area (TPSA) is 12.9 Å². The van der Waals surface area contributed by atoms with E-state index in [-0.39, 0.29) is 18.9 Å². The van der Waals surface area contributed by atoms with E-state index in [2.05, 4.69) is 10.9 Å². The van der Waals surface area contributed by atoms with Crippen molar-refractivity contribution in [2.24, 2.45) is 0 Å². The van der Waals surface area contributed by atoms with Crippen molar-refractivity contribution in [3.05, 3.63) is 48.5 Å². The van der Waals surface area contributed by atoms with Gasteiger partial charge in [0.05, 0.1) is 5.52 Å². The van der Waals surface area contributed by atoms with Crippen LogP contribution in [-0.2, 0) is 0 Å². The van der Waals surface area contributed by atoms with Gasteiger partial charge in [-0.15, -0.1) is 11.6 Å². The third kappa shape index (κ3) is 1.93. The van der Waals surface area contributed by atoms with Gasteiger partial charge >= 0.3 is 18.9 Å². The minimum Gasteiger partial charge on any atom is -0.366 e. The molecule has 2 aromatic rings. The van der Waals surface area contributed by atoms with Crippen LogP contribution < -0.4 is 18.9 Å². The van der Waals surface area contributed by atoms with E-state index in [0.717, 1.165) is 10.9 Å². The molecule has 0 radical (unpaired) electrons. The predicted molar refractivity (Wildman–Crippen MR) is 48.0 cm³/mol. The van der Waals surface area contributed by atoms with Gasteiger partial charge in [-0.05, 0) is 17.6 Å². The first-order chi connectivity index (χ1) is 5.90. The number of fused-ring (bicyclic) bond motifs is 1. The Morgan fingerprint density at radius 1 is 1.23 bits per heavy atom. The summed E-state index contributed by atoms with van der Waals surface area (Å²) in [6, 6.07) is 9.72. The van der Waals surface area contributed by atoms with Crippen molar-refractivity contribution in [3.63, 3.8) is 0 Å². The van der Waals surface area contributed by atoms with Crippen molar-refractivity contribution in [3.8, 4) is 5.92 Å². The van der Waals surface area contributed by atoms with Crippen LogP contribution in [0.25, 0.3) is 10.9 Å². The van der Waals surface area contributed by atoms with E-state index in [9.17, 15) is 0 Å². The molecule has 0 saturated carbocycles. The van der Waals surface area contributed by atoms with E-state index in [1.54, 1.807) is 6.20 Å². The molecule has 1 nitrogen and oxygen atoms in total. The zero-order chi connectivity index (χ0) is 8.39. The van der Waals surface area contributed by atoms with Crippen molar-refractivity contribution >= 4 is 10.9 Å². The van der Waals surface area contributed by atoms with Gasteiger partial charge in [0.2, 0.25) is 0 Å². The number of rotatable bonds is 0. The third-order valence-electron chi connectivity index (χ3n) is 1.73. The maximum atomic E-state index is 6.93. The SMILES string of the molecule is [C-]#Cc1cnc2ccccc2c1.[Li+]. The van der Waals surface area contributed by atoms with Crippen molar-refractivity contribution in [1.29, 1.82) is 0 Å². The molecule has 0 bridgehead atoms. The minimum absolute atomic E-state index is 0. The second-order valence-corrected chi connectivity index (χ2v) is 2.54. The largest absolute Gasteiger partial charge is 1.00 e. The van der Waals surface area contributed by atoms with Crippen molar-refractivity contribution < 1.29 is 18.9 Å². The van der Waals surface area contributed by atoms with Crippen LogP contribution in [0.3, 0.4) is 0 Å². The van der Waals surface area contributed by atoms with Gasteiger partial charge in [0, 0.05) is 0 Å². The second-order valence-electron chi connectivity index (χ2n) is 2.54. The van der Waals surface area contributed by atoms with Crippen LogP contribution in [0.5, 0.6) is 0 Å². The van der Waals surface area contributed by atoms with Crippen LogP contribution in [0, 0.1) is 12.3 Å². The first kappa shape index (κ1) is 9.87. The molecule has 1 heterocycles. The van der Waals surface area contributed by atoms with Crippen molar-refractivity contribution in [2.45, 2.75) is 0 Å². The van der Waals surface area contributed by atoms with Crippen LogP contribution in [0.15, 0.2) is 36.5 Å². The molecule has 0 aliphatic rings. The summed E-state index contributed by atoms with van der Waals surface area (Å²) in [6.07, 6.45) is 8.58. The molecule has 56 valence electrons. The summed E-state index contributed by atoms with van der Waals surface area (Å²) in [5, 5.41) is 1.05. The maximum absolute atomic E-state index is 6.93. The zero-order valence-corrected chi connectivity index (χ0v) is 7.41. The van der Waals surface area contributed by atoms with Crippen molar-refractivity contribution in [2.75, 3.05) is 0 Å². The van der Waals surface area contributed by atoms with Gasteiger partial charge in [-0.1, -0.05) is 18.2 Å². The fourth-order valence-electron chi connectivity index (χ4n) is 1.14. The van der Waals surface area contributed by atoms with Gasteiger partial charge in [0.1, 0.15) is 0 Å². The fraction of sp³-hybridized carbons (Fsp3) is 0. The van der Waals surface area contributed by atoms with E-state index < -0.39 is 0 Å². The van der Waals surface area contributed by atoms with Crippen molar-refractivity contribution in [1.82, 2.24) is 4.98 Å². The fourth-order valence-corrected chi connectivity index (χ4v) is 1.14. The summed E-state index contributed by atoms with van der Waals surface area (Å²) in [6.45, 7) is 0. The number of benzene rings is 1. The standard InChI is InChI=1S/C11H6N.Li/c1-2-9-7-10-5-3-4-6-11(10)12-8-9;/h3-8H;/q-1;+1. The molecule has 0 aliphatic heterocycles. The van der Waals surface area contributed by atoms with E-state index in [1.807, 2.05) is 30.3 Å². The monoisotopic (exact) mass is 159 g/mol. The normalized spacial score (nSPS) is 8.85. The Labute approximate surface area is 89.4 Å². The zero-order valence-electron chi connectivity index (χ0n) is 7.41. The van der Waals surface area contributed by atoms with Gasteiger partial charge in [-0.25, -0.2) is 0 Å². The summed E-state index contributed by atoms with van der Waals surface area (Å²) in [5.74, 6) is 2.31. The Morgan fingerprint density at radius 3 is 2.77 bits per heavy atom. The van der Waals surface area contributed by atoms with Crippen LogP contribution >= 0.6 is 0 Å². The third-order valence-corrected chi connectivity index (χ3v) is 1.73. The molecule has 0 aliphatic carbocycles. The average molecular weight is 159 g/mol. The van der Waals surface area contributed by atoms with E-state index in [0.29, 0.717) is 5.56 Å². The Kier molecular flexibility index (Phi) is 3.15. The molecule has 0 unspecified atom stereocenters. The first-order valence-electron chi connectivity index (χ1n) is 3.68. The molecule has 0 saturated heterocycles. The molecule has 0 fully saturated rings. The number of pyridine rings is 1. The Morgan fingerprint density at radius 2 is 2.00 bits per heavy atom. The molecule has 2 rings (SSSR count). The van der Waals surface area contributed by atoms with E-state index >= 15 is 0 Å². The van der Waals surface area contributed by atoms with E-state index in [1.165, 1.54) is 0 Å². The number of para-hydroxylation sites is 1. The quantitative estimate of drug-likeness (QED) is 0.278. The average Bonchev–Trinajstić information content (AvgIpc) is 2.17. The molecule has 13 heavy (non-hydrogen) atoms. The summed E-state index contributed by atoms with van der Waals surface area (Å²) < 4.78 is 0. The molecule has 0 atom stereocenters. The van der Waals surface area contributed by atoms with Crippen LogP contribution in [0.2, 0.25) is 0 Å². The summed E-state index contributed by atoms with van der Waals surface area (Å²) in [5.41, 5.74) is 1.67. The number of aromatic nitrogens is 1. The maximum Gasteiger partial charge on any atom is 1.00 e. The molecule has 2 heteroatoms. The number of hydrogen-bond acceptors (Lipinski definition) is 1. The Bertz CT molecular complexity index is 457. The van der Waals surface area contributed by atoms with E-state index in [4.69, 9.17) is 6.42 Å². The first-order valence-corrected chi connectivity index (χ1v) is 3.68. The summed E-state index contributed by atoms with van der Waals surface area (Å²) in [7, 11) is 0.